The van der Waals surface area contributed by atoms with Crippen LogP contribution in [0.5, 0.6) is 0 Å². The van der Waals surface area contributed by atoms with Gasteiger partial charge in [0.2, 0.25) is 0 Å². The fourth-order valence-corrected chi connectivity index (χ4v) is 4.59. The number of rotatable bonds is 6. The molecule has 0 fully saturated rings. The Morgan fingerprint density at radius 1 is 1.26 bits per heavy atom. The third kappa shape index (κ3) is 4.27. The summed E-state index contributed by atoms with van der Waals surface area (Å²) in [5.41, 5.74) is 4.73. The van der Waals surface area contributed by atoms with Crippen molar-refractivity contribution in [1.82, 2.24) is 14.5 Å². The molecular formula is C26H31N5O3. The molecule has 0 saturated heterocycles. The highest BCUT2D eigenvalue weighted by Gasteiger charge is 2.35. The van der Waals surface area contributed by atoms with Gasteiger partial charge in [-0.25, -0.2) is 9.97 Å². The van der Waals surface area contributed by atoms with Crippen molar-refractivity contribution in [3.63, 3.8) is 0 Å². The van der Waals surface area contributed by atoms with Gasteiger partial charge >= 0.3 is 5.97 Å². The van der Waals surface area contributed by atoms with Crippen molar-refractivity contribution in [3.8, 4) is 11.3 Å². The topological polar surface area (TPSA) is 89.3 Å². The van der Waals surface area contributed by atoms with E-state index in [1.54, 1.807) is 10.8 Å². The Balaban J connectivity index is 1.78. The third-order valence-corrected chi connectivity index (χ3v) is 6.26. The van der Waals surface area contributed by atoms with Gasteiger partial charge in [-0.1, -0.05) is 24.3 Å². The van der Waals surface area contributed by atoms with Crippen molar-refractivity contribution in [1.29, 1.82) is 0 Å². The lowest BCUT2D eigenvalue weighted by Gasteiger charge is -2.25. The molecule has 1 N–H and O–H groups in total. The molecular weight excluding hydrogens is 430 g/mol. The maximum absolute atomic E-state index is 13.6. The molecule has 0 amide bonds. The molecule has 0 bridgehead atoms. The second-order valence-corrected chi connectivity index (χ2v) is 8.87. The van der Waals surface area contributed by atoms with Crippen LogP contribution in [0.3, 0.4) is 0 Å². The second kappa shape index (κ2) is 9.29. The number of hydrogen-bond acceptors (Lipinski definition) is 7. The lowest BCUT2D eigenvalue weighted by molar-refractivity contribution is -0.146. The third-order valence-electron chi connectivity index (χ3n) is 6.26. The molecule has 1 aromatic carbocycles. The molecule has 4 rings (SSSR count). The second-order valence-electron chi connectivity index (χ2n) is 8.87. The van der Waals surface area contributed by atoms with Crippen LogP contribution in [0.2, 0.25) is 0 Å². The summed E-state index contributed by atoms with van der Waals surface area (Å²) in [6, 6.07) is 9.70. The maximum Gasteiger partial charge on any atom is 0.302 e. The minimum absolute atomic E-state index is 0.187. The van der Waals surface area contributed by atoms with E-state index in [-0.39, 0.29) is 23.7 Å². The zero-order valence-electron chi connectivity index (χ0n) is 20.5. The number of esters is 1. The van der Waals surface area contributed by atoms with E-state index in [2.05, 4.69) is 10.3 Å². The molecule has 0 aliphatic heterocycles. The predicted octanol–water partition coefficient (Wildman–Crippen LogP) is 3.65. The molecule has 0 spiro atoms. The highest BCUT2D eigenvalue weighted by Crippen LogP contribution is 2.36. The smallest absolute Gasteiger partial charge is 0.302 e. The molecule has 34 heavy (non-hydrogen) atoms. The van der Waals surface area contributed by atoms with Gasteiger partial charge in [0.1, 0.15) is 23.4 Å². The van der Waals surface area contributed by atoms with Crippen molar-refractivity contribution in [2.24, 2.45) is 0 Å². The number of carbonyl (C=O) groups is 1. The summed E-state index contributed by atoms with van der Waals surface area (Å²) in [4.78, 5) is 36.4. The van der Waals surface area contributed by atoms with E-state index in [1.807, 2.05) is 70.1 Å². The first kappa shape index (κ1) is 23.5. The Kier molecular flexibility index (Phi) is 6.41. The molecule has 8 nitrogen and oxygen atoms in total. The molecule has 8 heteroatoms. The van der Waals surface area contributed by atoms with E-state index >= 15 is 0 Å². The molecule has 2 heterocycles. The first-order chi connectivity index (χ1) is 16.2. The van der Waals surface area contributed by atoms with Gasteiger partial charge in [0.15, 0.2) is 0 Å². The number of hydrogen-bond donors (Lipinski definition) is 1. The number of nitrogens with zero attached hydrogens (tertiary/aromatic N) is 4. The zero-order chi connectivity index (χ0) is 24.6. The van der Waals surface area contributed by atoms with Crippen molar-refractivity contribution in [2.45, 2.75) is 52.8 Å². The first-order valence-electron chi connectivity index (χ1n) is 11.5. The van der Waals surface area contributed by atoms with Gasteiger partial charge in [-0.15, -0.1) is 0 Å². The average Bonchev–Trinajstić information content (AvgIpc) is 3.12. The fraction of sp³-hybridized carbons (Fsp3) is 0.385. The van der Waals surface area contributed by atoms with Crippen molar-refractivity contribution >= 4 is 17.6 Å². The van der Waals surface area contributed by atoms with Crippen molar-refractivity contribution in [2.75, 3.05) is 24.3 Å². The average molecular weight is 462 g/mol. The van der Waals surface area contributed by atoms with Crippen molar-refractivity contribution < 1.29 is 9.53 Å². The zero-order valence-corrected chi connectivity index (χ0v) is 20.5. The molecule has 2 unspecified atom stereocenters. The Bertz CT molecular complexity index is 1300. The lowest BCUT2D eigenvalue weighted by atomic mass is 10.1. The maximum atomic E-state index is 13.6. The van der Waals surface area contributed by atoms with Crippen LogP contribution in [-0.4, -0.2) is 40.7 Å². The molecule has 2 atom stereocenters. The Hall–Kier alpha value is -3.68. The van der Waals surface area contributed by atoms with E-state index in [4.69, 9.17) is 9.72 Å². The summed E-state index contributed by atoms with van der Waals surface area (Å²) in [7, 11) is 3.86. The van der Waals surface area contributed by atoms with E-state index in [9.17, 15) is 9.59 Å². The number of anilines is 2. The number of aromatic nitrogens is 3. The summed E-state index contributed by atoms with van der Waals surface area (Å²) in [6.45, 7) is 7.66. The van der Waals surface area contributed by atoms with Crippen LogP contribution >= 0.6 is 0 Å². The minimum Gasteiger partial charge on any atom is -0.460 e. The minimum atomic E-state index is -0.362. The van der Waals surface area contributed by atoms with E-state index in [1.165, 1.54) is 6.92 Å². The van der Waals surface area contributed by atoms with E-state index in [0.717, 1.165) is 28.1 Å². The highest BCUT2D eigenvalue weighted by atomic mass is 16.5. The Labute approximate surface area is 199 Å². The lowest BCUT2D eigenvalue weighted by Crippen LogP contribution is -2.32. The largest absolute Gasteiger partial charge is 0.460 e. The number of aryl methyl sites for hydroxylation is 2. The summed E-state index contributed by atoms with van der Waals surface area (Å²) < 4.78 is 7.34. The molecule has 3 aromatic rings. The summed E-state index contributed by atoms with van der Waals surface area (Å²) in [6.07, 6.45) is 1.97. The normalized spacial score (nSPS) is 16.8. The van der Waals surface area contributed by atoms with E-state index < -0.39 is 0 Å². The van der Waals surface area contributed by atoms with Crippen LogP contribution in [-0.2, 0) is 22.5 Å². The molecule has 1 aliphatic carbocycles. The van der Waals surface area contributed by atoms with Crippen LogP contribution < -0.4 is 15.8 Å². The fourth-order valence-electron chi connectivity index (χ4n) is 4.59. The number of nitrogens with one attached hydrogen (secondary N) is 1. The predicted molar refractivity (Wildman–Crippen MR) is 133 cm³/mol. The number of fused-ring (bicyclic) bond motifs is 1. The van der Waals surface area contributed by atoms with Gasteiger partial charge in [0.25, 0.3) is 5.56 Å². The monoisotopic (exact) mass is 461 g/mol. The Morgan fingerprint density at radius 2 is 2.00 bits per heavy atom. The quantitative estimate of drug-likeness (QED) is 0.561. The van der Waals surface area contributed by atoms with Gasteiger partial charge in [0.05, 0.1) is 11.7 Å². The van der Waals surface area contributed by atoms with Crippen LogP contribution in [0.4, 0.5) is 11.6 Å². The Morgan fingerprint density at radius 3 is 2.65 bits per heavy atom. The van der Waals surface area contributed by atoms with Crippen LogP contribution in [0.15, 0.2) is 41.3 Å². The number of ether oxygens (including phenoxy) is 1. The van der Waals surface area contributed by atoms with Gasteiger partial charge in [0, 0.05) is 45.7 Å². The highest BCUT2D eigenvalue weighted by molar-refractivity contribution is 5.67. The van der Waals surface area contributed by atoms with Crippen molar-refractivity contribution in [3.05, 3.63) is 69.3 Å². The summed E-state index contributed by atoms with van der Waals surface area (Å²) >= 11 is 0. The molecule has 2 aromatic heterocycles. The summed E-state index contributed by atoms with van der Waals surface area (Å²) in [5, 5.41) is 3.50. The number of benzene rings is 1. The summed E-state index contributed by atoms with van der Waals surface area (Å²) in [5.74, 6) is 1.13. The molecule has 1 aliphatic rings. The van der Waals surface area contributed by atoms with E-state index in [0.29, 0.717) is 30.2 Å². The van der Waals surface area contributed by atoms with Gasteiger partial charge in [-0.05, 0) is 43.5 Å². The number of pyridine rings is 1. The van der Waals surface area contributed by atoms with Crippen LogP contribution in [0.1, 0.15) is 42.3 Å². The molecule has 0 radical (unpaired) electrons. The first-order valence-corrected chi connectivity index (χ1v) is 11.5. The van der Waals surface area contributed by atoms with Gasteiger partial charge in [-0.3, -0.25) is 14.2 Å². The van der Waals surface area contributed by atoms with Crippen LogP contribution in [0.25, 0.3) is 11.3 Å². The molecule has 0 saturated carbocycles. The number of carbonyl (C=O) groups excluding carboxylic acids is 1. The van der Waals surface area contributed by atoms with Gasteiger partial charge < -0.3 is 15.0 Å². The SMILES string of the molecule is CCn1c(NC2c3ccccc3CC2OC(C)=O)c(C)nc(-c2cnc(N(C)C)cc2C)c1=O. The van der Waals surface area contributed by atoms with Crippen LogP contribution in [0, 0.1) is 13.8 Å². The standard InChI is InChI=1S/C26H31N5O3/c1-7-31-25(29-23-19-11-9-8-10-18(19)13-21(23)34-17(4)32)16(3)28-24(26(31)33)20-14-27-22(30(5)6)12-15(20)2/h8-12,14,21,23,29H,7,13H2,1-6H3. The van der Waals surface area contributed by atoms with Gasteiger partial charge in [-0.2, -0.15) is 0 Å². The molecule has 178 valence electrons.